The van der Waals surface area contributed by atoms with Gasteiger partial charge in [-0.1, -0.05) is 44.2 Å². The number of nitrogens with zero attached hydrogens (tertiary/aromatic N) is 1. The van der Waals surface area contributed by atoms with Crippen LogP contribution in [0.3, 0.4) is 0 Å². The van der Waals surface area contributed by atoms with E-state index in [1.807, 2.05) is 57.2 Å². The fourth-order valence-corrected chi connectivity index (χ4v) is 2.54. The zero-order chi connectivity index (χ0) is 19.5. The molecule has 144 valence electrons. The molecule has 4 nitrogen and oxygen atoms in total. The lowest BCUT2D eigenvalue weighted by Crippen LogP contribution is -2.05. The number of pyridine rings is 1. The second-order valence-electron chi connectivity index (χ2n) is 5.94. The van der Waals surface area contributed by atoms with E-state index >= 15 is 0 Å². The van der Waals surface area contributed by atoms with Gasteiger partial charge in [-0.25, -0.2) is 4.98 Å². The number of aryl methyl sites for hydroxylation is 1. The first-order valence-corrected chi connectivity index (χ1v) is 9.46. The number of hydrogen-bond donors (Lipinski definition) is 0. The molecule has 0 fully saturated rings. The van der Waals surface area contributed by atoms with Gasteiger partial charge >= 0.3 is 0 Å². The van der Waals surface area contributed by atoms with Crippen molar-refractivity contribution in [2.75, 3.05) is 13.7 Å². The van der Waals surface area contributed by atoms with Gasteiger partial charge in [0.2, 0.25) is 0 Å². The van der Waals surface area contributed by atoms with Crippen LogP contribution in [0.4, 0.5) is 0 Å². The fourth-order valence-electron chi connectivity index (χ4n) is 2.54. The van der Waals surface area contributed by atoms with E-state index in [9.17, 15) is 0 Å². The molecule has 0 N–H and O–H groups in total. The summed E-state index contributed by atoms with van der Waals surface area (Å²) in [5.41, 5.74) is 3.13. The lowest BCUT2D eigenvalue weighted by atomic mass is 10.1. The van der Waals surface area contributed by atoms with Gasteiger partial charge in [0.05, 0.1) is 7.11 Å². The smallest absolute Gasteiger partial charge is 0.257 e. The normalized spacial score (nSPS) is 12.5. The maximum absolute atomic E-state index is 5.93. The van der Waals surface area contributed by atoms with Gasteiger partial charge < -0.3 is 14.2 Å². The van der Waals surface area contributed by atoms with Crippen molar-refractivity contribution < 1.29 is 14.2 Å². The molecule has 4 heteroatoms. The van der Waals surface area contributed by atoms with Crippen molar-refractivity contribution in [2.24, 2.45) is 0 Å². The Kier molecular flexibility index (Phi) is 8.43. The highest BCUT2D eigenvalue weighted by Crippen LogP contribution is 2.27. The maximum atomic E-state index is 5.93. The third-order valence-corrected chi connectivity index (χ3v) is 3.97. The lowest BCUT2D eigenvalue weighted by Gasteiger charge is -2.14. The van der Waals surface area contributed by atoms with E-state index in [0.29, 0.717) is 24.8 Å². The molecule has 1 aliphatic rings. The number of hydrogen-bond acceptors (Lipinski definition) is 4. The molecule has 3 rings (SSSR count). The standard InChI is InChI=1S/C21H23NO3.C2H6/c1-16-8-13-20(24-14-17-6-4-3-5-7-17)21(22-16)25-15-18-9-11-19(23-2)12-10-18;1-2/h4,6-13H,3,5,14-15H2,1-2H3;1-2H3. The third-order valence-electron chi connectivity index (χ3n) is 3.97. The molecule has 0 unspecified atom stereocenters. The highest BCUT2D eigenvalue weighted by Gasteiger charge is 2.09. The molecule has 0 aliphatic heterocycles. The molecule has 0 radical (unpaired) electrons. The number of benzene rings is 1. The molecule has 0 atom stereocenters. The molecule has 0 saturated heterocycles. The van der Waals surface area contributed by atoms with E-state index in [1.165, 1.54) is 5.57 Å². The van der Waals surface area contributed by atoms with E-state index in [2.05, 4.69) is 23.2 Å². The predicted octanol–water partition coefficient (Wildman–Crippen LogP) is 5.66. The zero-order valence-corrected chi connectivity index (χ0v) is 16.7. The molecule has 0 bridgehead atoms. The Morgan fingerprint density at radius 3 is 2.37 bits per heavy atom. The van der Waals surface area contributed by atoms with E-state index < -0.39 is 0 Å². The molecule has 27 heavy (non-hydrogen) atoms. The van der Waals surface area contributed by atoms with E-state index in [4.69, 9.17) is 14.2 Å². The number of rotatable bonds is 7. The van der Waals surface area contributed by atoms with Crippen molar-refractivity contribution in [3.8, 4) is 17.4 Å². The average Bonchev–Trinajstić information content (AvgIpc) is 2.74. The Hall–Kier alpha value is -2.75. The number of allylic oxidation sites excluding steroid dienone is 2. The molecule has 1 heterocycles. The number of ether oxygens (including phenoxy) is 3. The molecule has 0 saturated carbocycles. The predicted molar refractivity (Wildman–Crippen MR) is 110 cm³/mol. The topological polar surface area (TPSA) is 40.6 Å². The first-order chi connectivity index (χ1) is 13.2. The van der Waals surface area contributed by atoms with E-state index in [0.717, 1.165) is 29.8 Å². The number of methoxy groups -OCH3 is 1. The Morgan fingerprint density at radius 1 is 0.926 bits per heavy atom. The van der Waals surface area contributed by atoms with Gasteiger partial charge in [0.25, 0.3) is 5.88 Å². The summed E-state index contributed by atoms with van der Waals surface area (Å²) < 4.78 is 17.0. The van der Waals surface area contributed by atoms with Crippen molar-refractivity contribution in [2.45, 2.75) is 40.2 Å². The third kappa shape index (κ3) is 6.48. The van der Waals surface area contributed by atoms with Crippen LogP contribution in [-0.2, 0) is 6.61 Å². The summed E-state index contributed by atoms with van der Waals surface area (Å²) in [5, 5.41) is 0. The van der Waals surface area contributed by atoms with Crippen molar-refractivity contribution >= 4 is 0 Å². The largest absolute Gasteiger partial charge is 0.497 e. The molecule has 1 aliphatic carbocycles. The lowest BCUT2D eigenvalue weighted by molar-refractivity contribution is 0.262. The Bertz CT molecular complexity index is 764. The Balaban J connectivity index is 0.00000126. The molecule has 1 aromatic carbocycles. The summed E-state index contributed by atoms with van der Waals surface area (Å²) in [7, 11) is 1.66. The summed E-state index contributed by atoms with van der Waals surface area (Å²) >= 11 is 0. The van der Waals surface area contributed by atoms with Gasteiger partial charge in [-0.15, -0.1) is 0 Å². The van der Waals surface area contributed by atoms with Crippen LogP contribution in [0.1, 0.15) is 37.9 Å². The zero-order valence-electron chi connectivity index (χ0n) is 16.7. The van der Waals surface area contributed by atoms with Gasteiger partial charge in [-0.2, -0.15) is 0 Å². The van der Waals surface area contributed by atoms with Gasteiger partial charge in [-0.05, 0) is 55.2 Å². The quantitative estimate of drug-likeness (QED) is 0.633. The van der Waals surface area contributed by atoms with Crippen molar-refractivity contribution in [1.82, 2.24) is 4.98 Å². The first-order valence-electron chi connectivity index (χ1n) is 9.46. The summed E-state index contributed by atoms with van der Waals surface area (Å²) in [4.78, 5) is 4.48. The summed E-state index contributed by atoms with van der Waals surface area (Å²) in [5.74, 6) is 2.02. The summed E-state index contributed by atoms with van der Waals surface area (Å²) in [6.45, 7) is 6.90. The van der Waals surface area contributed by atoms with Crippen LogP contribution in [0, 0.1) is 6.92 Å². The van der Waals surface area contributed by atoms with E-state index in [1.54, 1.807) is 7.11 Å². The van der Waals surface area contributed by atoms with Gasteiger partial charge in [0.15, 0.2) is 5.75 Å². The molecule has 2 aromatic rings. The molecule has 0 amide bonds. The van der Waals surface area contributed by atoms with Crippen molar-refractivity contribution in [3.05, 3.63) is 71.5 Å². The molecular formula is C23H29NO3. The number of aromatic nitrogens is 1. The Labute approximate surface area is 162 Å². The van der Waals surface area contributed by atoms with Gasteiger partial charge in [0.1, 0.15) is 19.0 Å². The second-order valence-corrected chi connectivity index (χ2v) is 5.94. The van der Waals surface area contributed by atoms with Crippen LogP contribution in [0.25, 0.3) is 0 Å². The van der Waals surface area contributed by atoms with Crippen LogP contribution in [-0.4, -0.2) is 18.7 Å². The minimum Gasteiger partial charge on any atom is -0.497 e. The van der Waals surface area contributed by atoms with Crippen LogP contribution < -0.4 is 14.2 Å². The first kappa shape index (κ1) is 20.6. The van der Waals surface area contributed by atoms with Crippen LogP contribution >= 0.6 is 0 Å². The highest BCUT2D eigenvalue weighted by atomic mass is 16.5. The second kappa shape index (κ2) is 11.1. The minimum atomic E-state index is 0.430. The molecule has 0 spiro atoms. The Morgan fingerprint density at radius 2 is 1.70 bits per heavy atom. The monoisotopic (exact) mass is 367 g/mol. The SMILES string of the molecule is CC.COc1ccc(COc2nc(C)ccc2OCC2=CCCC=C2)cc1. The van der Waals surface area contributed by atoms with Crippen LogP contribution in [0.2, 0.25) is 0 Å². The maximum Gasteiger partial charge on any atom is 0.257 e. The highest BCUT2D eigenvalue weighted by molar-refractivity contribution is 5.36. The fraction of sp³-hybridized carbons (Fsp3) is 0.348. The van der Waals surface area contributed by atoms with Gasteiger partial charge in [-0.3, -0.25) is 0 Å². The minimum absolute atomic E-state index is 0.430. The molecule has 1 aromatic heterocycles. The van der Waals surface area contributed by atoms with Gasteiger partial charge in [0, 0.05) is 5.69 Å². The van der Waals surface area contributed by atoms with Crippen LogP contribution in [0.15, 0.2) is 60.2 Å². The van der Waals surface area contributed by atoms with Crippen molar-refractivity contribution in [3.63, 3.8) is 0 Å². The van der Waals surface area contributed by atoms with Crippen molar-refractivity contribution in [1.29, 1.82) is 0 Å². The van der Waals surface area contributed by atoms with E-state index in [-0.39, 0.29) is 0 Å². The van der Waals surface area contributed by atoms with Crippen LogP contribution in [0.5, 0.6) is 17.4 Å². The average molecular weight is 367 g/mol. The summed E-state index contributed by atoms with van der Waals surface area (Å²) in [6, 6.07) is 11.6. The summed E-state index contributed by atoms with van der Waals surface area (Å²) in [6.07, 6.45) is 8.67. The molecular weight excluding hydrogens is 338 g/mol.